The number of aromatic nitrogens is 2. The number of benzene rings is 1. The number of likely N-dealkylation sites (tertiary alicyclic amines) is 1. The average molecular weight is 568 g/mol. The smallest absolute Gasteiger partial charge is 0.255 e. The second-order valence-corrected chi connectivity index (χ2v) is 12.1. The van der Waals surface area contributed by atoms with Crippen molar-refractivity contribution < 1.29 is 27.9 Å². The van der Waals surface area contributed by atoms with E-state index in [1.165, 1.54) is 18.4 Å². The van der Waals surface area contributed by atoms with E-state index in [0.29, 0.717) is 31.6 Å². The molecule has 9 nitrogen and oxygen atoms in total. The van der Waals surface area contributed by atoms with E-state index in [-0.39, 0.29) is 35.3 Å². The Bertz CT molecular complexity index is 1410. The van der Waals surface area contributed by atoms with Gasteiger partial charge in [-0.1, -0.05) is 0 Å². The first-order valence-electron chi connectivity index (χ1n) is 13.8. The minimum Gasteiger partial charge on any atom is -0.463 e. The van der Waals surface area contributed by atoms with Gasteiger partial charge in [-0.2, -0.15) is 0 Å². The number of amides is 2. The molecule has 2 amide bonds. The Morgan fingerprint density at radius 1 is 1.17 bits per heavy atom. The molecule has 1 aliphatic heterocycles. The van der Waals surface area contributed by atoms with Crippen molar-refractivity contribution >= 4 is 11.8 Å². The molecule has 2 aromatic heterocycles. The van der Waals surface area contributed by atoms with Crippen LogP contribution in [0.25, 0.3) is 11.3 Å². The van der Waals surface area contributed by atoms with Crippen LogP contribution in [0.3, 0.4) is 0 Å². The second-order valence-electron chi connectivity index (χ2n) is 12.1. The molecule has 1 aromatic carbocycles. The number of carbonyl (C=O) groups excluding carboxylic acids is 2. The number of furan rings is 1. The van der Waals surface area contributed by atoms with Crippen molar-refractivity contribution in [3.05, 3.63) is 72.0 Å². The molecule has 218 valence electrons. The van der Waals surface area contributed by atoms with Crippen LogP contribution < -0.4 is 10.6 Å². The van der Waals surface area contributed by atoms with Crippen molar-refractivity contribution in [2.24, 2.45) is 0 Å². The molecule has 11 heteroatoms. The SMILES string of the molecule is CC1(O)CCC(N2CC(CC(=O)NC(C)(C)c3cnccn3)(NC(=O)c3coc(-c4ccc(F)cc4F)c3)C2)CC1. The van der Waals surface area contributed by atoms with E-state index < -0.39 is 34.2 Å². The highest BCUT2D eigenvalue weighted by molar-refractivity contribution is 5.96. The van der Waals surface area contributed by atoms with E-state index in [9.17, 15) is 23.5 Å². The highest BCUT2D eigenvalue weighted by Crippen LogP contribution is 2.36. The summed E-state index contributed by atoms with van der Waals surface area (Å²) in [6, 6.07) is 4.77. The third-order valence-corrected chi connectivity index (χ3v) is 8.15. The third-order valence-electron chi connectivity index (χ3n) is 8.15. The van der Waals surface area contributed by atoms with Crippen LogP contribution in [-0.2, 0) is 10.3 Å². The number of aliphatic hydroxyl groups is 1. The molecule has 3 heterocycles. The molecule has 1 aliphatic carbocycles. The molecule has 0 bridgehead atoms. The van der Waals surface area contributed by atoms with Gasteiger partial charge in [-0.25, -0.2) is 8.78 Å². The number of nitrogens with one attached hydrogen (secondary N) is 2. The Hall–Kier alpha value is -3.70. The monoisotopic (exact) mass is 567 g/mol. The van der Waals surface area contributed by atoms with Crippen molar-refractivity contribution in [2.75, 3.05) is 13.1 Å². The van der Waals surface area contributed by atoms with E-state index in [2.05, 4.69) is 25.5 Å². The molecular formula is C30H35F2N5O4. The second kappa shape index (κ2) is 10.9. The molecule has 0 radical (unpaired) electrons. The van der Waals surface area contributed by atoms with E-state index >= 15 is 0 Å². The highest BCUT2D eigenvalue weighted by Gasteiger charge is 2.49. The largest absolute Gasteiger partial charge is 0.463 e. The van der Waals surface area contributed by atoms with Gasteiger partial charge in [0.1, 0.15) is 23.7 Å². The van der Waals surface area contributed by atoms with E-state index in [1.54, 1.807) is 18.6 Å². The van der Waals surface area contributed by atoms with E-state index in [0.717, 1.165) is 25.0 Å². The van der Waals surface area contributed by atoms with Crippen molar-refractivity contribution in [1.29, 1.82) is 0 Å². The van der Waals surface area contributed by atoms with Gasteiger partial charge in [0.05, 0.1) is 46.1 Å². The molecule has 1 saturated heterocycles. The molecule has 41 heavy (non-hydrogen) atoms. The Labute approximate surface area is 237 Å². The summed E-state index contributed by atoms with van der Waals surface area (Å²) in [6.07, 6.45) is 9.02. The summed E-state index contributed by atoms with van der Waals surface area (Å²) in [4.78, 5) is 37.3. The zero-order valence-electron chi connectivity index (χ0n) is 23.4. The molecule has 0 atom stereocenters. The van der Waals surface area contributed by atoms with Crippen LogP contribution in [0.2, 0.25) is 0 Å². The van der Waals surface area contributed by atoms with Crippen LogP contribution >= 0.6 is 0 Å². The van der Waals surface area contributed by atoms with Gasteiger partial charge in [0, 0.05) is 37.6 Å². The lowest BCUT2D eigenvalue weighted by Crippen LogP contribution is -2.73. The van der Waals surface area contributed by atoms with Gasteiger partial charge in [0.2, 0.25) is 5.91 Å². The summed E-state index contributed by atoms with van der Waals surface area (Å²) < 4.78 is 33.1. The molecular weight excluding hydrogens is 532 g/mol. The van der Waals surface area contributed by atoms with Gasteiger partial charge in [-0.3, -0.25) is 24.5 Å². The fourth-order valence-corrected chi connectivity index (χ4v) is 5.80. The van der Waals surface area contributed by atoms with Gasteiger partial charge in [0.25, 0.3) is 5.91 Å². The van der Waals surface area contributed by atoms with Crippen LogP contribution in [0.1, 0.15) is 68.9 Å². The Morgan fingerprint density at radius 3 is 2.56 bits per heavy atom. The van der Waals surface area contributed by atoms with E-state index in [4.69, 9.17) is 4.42 Å². The zero-order valence-corrected chi connectivity index (χ0v) is 23.4. The number of halogens is 2. The molecule has 2 fully saturated rings. The summed E-state index contributed by atoms with van der Waals surface area (Å²) >= 11 is 0. The zero-order chi connectivity index (χ0) is 29.4. The van der Waals surface area contributed by atoms with Crippen molar-refractivity contribution in [1.82, 2.24) is 25.5 Å². The molecule has 2 aliphatic rings. The summed E-state index contributed by atoms with van der Waals surface area (Å²) in [7, 11) is 0. The lowest BCUT2D eigenvalue weighted by molar-refractivity contribution is -0.127. The number of hydrogen-bond acceptors (Lipinski definition) is 7. The first kappa shape index (κ1) is 28.8. The predicted molar refractivity (Wildman–Crippen MR) is 147 cm³/mol. The first-order valence-corrected chi connectivity index (χ1v) is 13.8. The van der Waals surface area contributed by atoms with Gasteiger partial charge in [-0.05, 0) is 64.7 Å². The van der Waals surface area contributed by atoms with Crippen LogP contribution in [0, 0.1) is 11.6 Å². The molecule has 0 unspecified atom stereocenters. The van der Waals surface area contributed by atoms with Crippen LogP contribution in [0.15, 0.2) is 53.5 Å². The van der Waals surface area contributed by atoms with Crippen molar-refractivity contribution in [3.8, 4) is 11.3 Å². The lowest BCUT2D eigenvalue weighted by Gasteiger charge is -2.55. The molecule has 3 aromatic rings. The summed E-state index contributed by atoms with van der Waals surface area (Å²) in [5.41, 5.74) is -1.49. The maximum Gasteiger partial charge on any atom is 0.255 e. The number of nitrogens with zero attached hydrogens (tertiary/aromatic N) is 3. The first-order chi connectivity index (χ1) is 19.3. The van der Waals surface area contributed by atoms with Crippen molar-refractivity contribution in [3.63, 3.8) is 0 Å². The van der Waals surface area contributed by atoms with Crippen LogP contribution in [0.5, 0.6) is 0 Å². The standard InChI is InChI=1S/C30H35F2N5O4/c1-28(2,25-15-33-10-11-34-25)35-26(38)14-30(17-37(18-30)21-6-8-29(3,40)9-7-21)36-27(39)19-12-24(41-16-19)22-5-4-20(31)13-23(22)32/h4-5,10-13,15-16,21,40H,6-9,14,17-18H2,1-3H3,(H,35,38)(H,36,39). The topological polar surface area (TPSA) is 121 Å². The normalized spacial score (nSPS) is 22.5. The van der Waals surface area contributed by atoms with Gasteiger partial charge in [-0.15, -0.1) is 0 Å². The molecule has 3 N–H and O–H groups in total. The Kier molecular flexibility index (Phi) is 7.69. The lowest BCUT2D eigenvalue weighted by atomic mass is 9.78. The van der Waals surface area contributed by atoms with E-state index in [1.807, 2.05) is 20.8 Å². The molecule has 0 spiro atoms. The fraction of sp³-hybridized carbons (Fsp3) is 0.467. The Morgan fingerprint density at radius 2 is 1.90 bits per heavy atom. The quantitative estimate of drug-likeness (QED) is 0.377. The van der Waals surface area contributed by atoms with Gasteiger partial charge in [0.15, 0.2) is 0 Å². The predicted octanol–water partition coefficient (Wildman–Crippen LogP) is 3.93. The number of rotatable bonds is 8. The van der Waals surface area contributed by atoms with Gasteiger partial charge >= 0.3 is 0 Å². The molecule has 1 saturated carbocycles. The summed E-state index contributed by atoms with van der Waals surface area (Å²) in [5.74, 6) is -2.14. The average Bonchev–Trinajstić information content (AvgIpc) is 3.37. The van der Waals surface area contributed by atoms with Crippen LogP contribution in [0.4, 0.5) is 8.78 Å². The summed E-state index contributed by atoms with van der Waals surface area (Å²) in [6.45, 7) is 6.44. The minimum absolute atomic E-state index is 0.0284. The maximum absolute atomic E-state index is 14.3. The third kappa shape index (κ3) is 6.46. The van der Waals surface area contributed by atoms with Crippen molar-refractivity contribution in [2.45, 2.75) is 75.6 Å². The Balaban J connectivity index is 1.31. The maximum atomic E-state index is 14.3. The molecule has 5 rings (SSSR count). The summed E-state index contributed by atoms with van der Waals surface area (Å²) in [5, 5.41) is 16.4. The minimum atomic E-state index is -0.849. The number of hydrogen-bond donors (Lipinski definition) is 3. The highest BCUT2D eigenvalue weighted by atomic mass is 19.1. The van der Waals surface area contributed by atoms with Crippen LogP contribution in [-0.4, -0.2) is 62.1 Å². The fourth-order valence-electron chi connectivity index (χ4n) is 5.80. The van der Waals surface area contributed by atoms with Gasteiger partial charge < -0.3 is 20.2 Å². The number of carbonyl (C=O) groups is 2.